The first-order valence-corrected chi connectivity index (χ1v) is 8.00. The van der Waals surface area contributed by atoms with Gasteiger partial charge in [-0.3, -0.25) is 0 Å². The average Bonchev–Trinajstić information content (AvgIpc) is 2.93. The zero-order valence-corrected chi connectivity index (χ0v) is 13.7. The largest absolute Gasteiger partial charge is 0.364 e. The second-order valence-corrected chi connectivity index (χ2v) is 6.98. The number of nitrogens with zero attached hydrogens (tertiary/aromatic N) is 3. The third kappa shape index (κ3) is 4.30. The Morgan fingerprint density at radius 2 is 1.95 bits per heavy atom. The summed E-state index contributed by atoms with van der Waals surface area (Å²) < 4.78 is 0. The van der Waals surface area contributed by atoms with E-state index in [1.165, 1.54) is 0 Å². The van der Waals surface area contributed by atoms with Gasteiger partial charge in [-0.1, -0.05) is 39.0 Å². The molecule has 1 aromatic heterocycles. The molecule has 2 rings (SSSR count). The molecule has 0 aliphatic rings. The number of thiazole rings is 1. The lowest BCUT2D eigenvalue weighted by atomic mass is 9.93. The molecule has 4 heteroatoms. The van der Waals surface area contributed by atoms with Crippen molar-refractivity contribution < 1.29 is 0 Å². The maximum atomic E-state index is 8.85. The summed E-state index contributed by atoms with van der Waals surface area (Å²) in [5, 5.41) is 12.1. The minimum atomic E-state index is 0.0823. The highest BCUT2D eigenvalue weighted by molar-refractivity contribution is 7.09. The molecule has 0 atom stereocenters. The number of hydrogen-bond donors (Lipinski definition) is 0. The first kappa shape index (κ1) is 15.5. The zero-order chi connectivity index (χ0) is 15.3. The lowest BCUT2D eigenvalue weighted by Gasteiger charge is -2.22. The van der Waals surface area contributed by atoms with E-state index in [1.54, 1.807) is 11.3 Å². The molecular formula is C17H21N3S. The minimum Gasteiger partial charge on any atom is -0.364 e. The number of nitriles is 1. The van der Waals surface area contributed by atoms with Crippen LogP contribution in [0.4, 0.5) is 5.69 Å². The van der Waals surface area contributed by atoms with Crippen molar-refractivity contribution in [2.24, 2.45) is 0 Å². The monoisotopic (exact) mass is 299 g/mol. The van der Waals surface area contributed by atoms with Crippen molar-refractivity contribution in [2.45, 2.75) is 39.2 Å². The van der Waals surface area contributed by atoms with Crippen LogP contribution in [0.3, 0.4) is 0 Å². The quantitative estimate of drug-likeness (QED) is 0.823. The van der Waals surface area contributed by atoms with Crippen LogP contribution in [0.25, 0.3) is 0 Å². The van der Waals surface area contributed by atoms with Crippen LogP contribution >= 0.6 is 11.3 Å². The van der Waals surface area contributed by atoms with Gasteiger partial charge in [-0.25, -0.2) is 4.98 Å². The predicted molar refractivity (Wildman–Crippen MR) is 88.5 cm³/mol. The van der Waals surface area contributed by atoms with E-state index < -0.39 is 0 Å². The molecule has 0 saturated heterocycles. The molecule has 110 valence electrons. The number of anilines is 1. The Labute approximate surface area is 130 Å². The maximum absolute atomic E-state index is 8.85. The highest BCUT2D eigenvalue weighted by Gasteiger charge is 2.18. The van der Waals surface area contributed by atoms with E-state index in [0.717, 1.165) is 29.5 Å². The van der Waals surface area contributed by atoms with Gasteiger partial charge in [-0.15, -0.1) is 11.3 Å². The van der Waals surface area contributed by atoms with Crippen LogP contribution in [-0.4, -0.2) is 11.5 Å². The highest BCUT2D eigenvalue weighted by Crippen LogP contribution is 2.25. The lowest BCUT2D eigenvalue weighted by molar-refractivity contribution is 0.570. The number of rotatable bonds is 5. The van der Waals surface area contributed by atoms with Crippen molar-refractivity contribution in [1.82, 2.24) is 4.98 Å². The van der Waals surface area contributed by atoms with Gasteiger partial charge >= 0.3 is 0 Å². The van der Waals surface area contributed by atoms with Gasteiger partial charge in [0.15, 0.2) is 0 Å². The Morgan fingerprint density at radius 3 is 2.52 bits per heavy atom. The van der Waals surface area contributed by atoms with Gasteiger partial charge in [0.2, 0.25) is 0 Å². The third-order valence-electron chi connectivity index (χ3n) is 3.26. The summed E-state index contributed by atoms with van der Waals surface area (Å²) in [5.41, 5.74) is 2.36. The summed E-state index contributed by atoms with van der Waals surface area (Å²) in [6.45, 7) is 8.01. The fraction of sp³-hybridized carbons (Fsp3) is 0.412. The Morgan fingerprint density at radius 1 is 1.24 bits per heavy atom. The summed E-state index contributed by atoms with van der Waals surface area (Å²) in [7, 11) is 0. The van der Waals surface area contributed by atoms with Crippen LogP contribution in [0.2, 0.25) is 0 Å². The molecule has 2 aromatic rings. The summed E-state index contributed by atoms with van der Waals surface area (Å²) >= 11 is 1.70. The summed E-state index contributed by atoms with van der Waals surface area (Å²) in [6.07, 6.45) is 0.520. The number of para-hydroxylation sites is 1. The molecule has 0 bridgehead atoms. The molecule has 0 aliphatic heterocycles. The number of benzene rings is 1. The van der Waals surface area contributed by atoms with E-state index in [4.69, 9.17) is 10.2 Å². The van der Waals surface area contributed by atoms with Crippen LogP contribution in [0, 0.1) is 11.3 Å². The third-order valence-corrected chi connectivity index (χ3v) is 4.09. The Bertz CT molecular complexity index is 605. The second kappa shape index (κ2) is 6.73. The van der Waals surface area contributed by atoms with Crippen molar-refractivity contribution in [3.63, 3.8) is 0 Å². The van der Waals surface area contributed by atoms with Gasteiger partial charge in [0.25, 0.3) is 0 Å². The van der Waals surface area contributed by atoms with Crippen LogP contribution < -0.4 is 4.90 Å². The summed E-state index contributed by atoms with van der Waals surface area (Å²) in [5.74, 6) is 0. The lowest BCUT2D eigenvalue weighted by Crippen LogP contribution is -2.23. The molecule has 0 amide bonds. The van der Waals surface area contributed by atoms with Crippen molar-refractivity contribution in [3.05, 3.63) is 46.4 Å². The van der Waals surface area contributed by atoms with Gasteiger partial charge in [-0.05, 0) is 12.1 Å². The van der Waals surface area contributed by atoms with Crippen molar-refractivity contribution in [3.8, 4) is 6.07 Å². The van der Waals surface area contributed by atoms with E-state index in [-0.39, 0.29) is 5.41 Å². The van der Waals surface area contributed by atoms with Crippen LogP contribution in [0.1, 0.15) is 37.9 Å². The molecule has 21 heavy (non-hydrogen) atoms. The molecule has 0 radical (unpaired) electrons. The van der Waals surface area contributed by atoms with Crippen molar-refractivity contribution >= 4 is 17.0 Å². The second-order valence-electron chi connectivity index (χ2n) is 6.04. The zero-order valence-electron chi connectivity index (χ0n) is 12.8. The SMILES string of the molecule is CC(C)(C)c1csc(CN(CCC#N)c2ccccc2)n1. The van der Waals surface area contributed by atoms with E-state index in [0.29, 0.717) is 6.42 Å². The Kier molecular flexibility index (Phi) is 4.98. The van der Waals surface area contributed by atoms with E-state index in [9.17, 15) is 0 Å². The van der Waals surface area contributed by atoms with Gasteiger partial charge in [0, 0.05) is 23.0 Å². The molecule has 0 N–H and O–H groups in total. The first-order chi connectivity index (χ1) is 10.0. The average molecular weight is 299 g/mol. The molecule has 0 aliphatic carbocycles. The van der Waals surface area contributed by atoms with Crippen LogP contribution in [-0.2, 0) is 12.0 Å². The van der Waals surface area contributed by atoms with Gasteiger partial charge in [0.05, 0.1) is 24.7 Å². The van der Waals surface area contributed by atoms with Gasteiger partial charge in [0.1, 0.15) is 5.01 Å². The summed E-state index contributed by atoms with van der Waals surface area (Å²) in [4.78, 5) is 6.97. The molecule has 1 heterocycles. The smallest absolute Gasteiger partial charge is 0.112 e. The number of hydrogen-bond acceptors (Lipinski definition) is 4. The van der Waals surface area contributed by atoms with Crippen LogP contribution in [0.15, 0.2) is 35.7 Å². The fourth-order valence-electron chi connectivity index (χ4n) is 2.01. The molecule has 0 fully saturated rings. The van der Waals surface area contributed by atoms with Gasteiger partial charge < -0.3 is 4.90 Å². The van der Waals surface area contributed by atoms with E-state index in [2.05, 4.69) is 49.3 Å². The molecule has 3 nitrogen and oxygen atoms in total. The molecular weight excluding hydrogens is 278 g/mol. The van der Waals surface area contributed by atoms with Crippen molar-refractivity contribution in [2.75, 3.05) is 11.4 Å². The normalized spacial score (nSPS) is 11.1. The molecule has 1 aromatic carbocycles. The highest BCUT2D eigenvalue weighted by atomic mass is 32.1. The van der Waals surface area contributed by atoms with E-state index >= 15 is 0 Å². The van der Waals surface area contributed by atoms with Gasteiger partial charge in [-0.2, -0.15) is 5.26 Å². The molecule has 0 unspecified atom stereocenters. The minimum absolute atomic E-state index is 0.0823. The summed E-state index contributed by atoms with van der Waals surface area (Å²) in [6, 6.07) is 12.4. The standard InChI is InChI=1S/C17H21N3S/c1-17(2,3)15-13-21-16(19-15)12-20(11-7-10-18)14-8-5-4-6-9-14/h4-6,8-9,13H,7,11-12H2,1-3H3. The topological polar surface area (TPSA) is 39.9 Å². The van der Waals surface area contributed by atoms with E-state index in [1.807, 2.05) is 18.2 Å². The van der Waals surface area contributed by atoms with Crippen LogP contribution in [0.5, 0.6) is 0 Å². The number of aromatic nitrogens is 1. The van der Waals surface area contributed by atoms with Crippen molar-refractivity contribution in [1.29, 1.82) is 5.26 Å². The maximum Gasteiger partial charge on any atom is 0.112 e. The predicted octanol–water partition coefficient (Wildman–Crippen LogP) is 4.36. The first-order valence-electron chi connectivity index (χ1n) is 7.12. The molecule has 0 spiro atoms. The Hall–Kier alpha value is -1.86. The Balaban J connectivity index is 2.16. The molecule has 0 saturated carbocycles. The fourth-order valence-corrected chi connectivity index (χ4v) is 3.05.